The molecule has 3 aromatic heterocycles. The summed E-state index contributed by atoms with van der Waals surface area (Å²) in [6.07, 6.45) is 6.25. The molecule has 1 aliphatic heterocycles. The van der Waals surface area contributed by atoms with E-state index in [9.17, 15) is 8.42 Å². The molecule has 4 aromatic rings. The summed E-state index contributed by atoms with van der Waals surface area (Å²) < 4.78 is 33.1. The lowest BCUT2D eigenvalue weighted by Gasteiger charge is -2.30. The molecule has 1 aliphatic rings. The van der Waals surface area contributed by atoms with Crippen LogP contribution in [0.4, 0.5) is 5.82 Å². The van der Waals surface area contributed by atoms with E-state index in [0.29, 0.717) is 41.5 Å². The second-order valence-corrected chi connectivity index (χ2v) is 11.0. The highest BCUT2D eigenvalue weighted by molar-refractivity contribution is 9.10. The molecule has 0 aliphatic carbocycles. The summed E-state index contributed by atoms with van der Waals surface area (Å²) >= 11 is 3.49. The van der Waals surface area contributed by atoms with E-state index < -0.39 is 10.0 Å². The molecule has 1 saturated heterocycles. The molecule has 1 aromatic carbocycles. The third-order valence-electron chi connectivity index (χ3n) is 5.99. The fraction of sp³-hybridized carbons (Fsp3) is 0.318. The van der Waals surface area contributed by atoms with Crippen molar-refractivity contribution in [3.63, 3.8) is 0 Å². The highest BCUT2D eigenvalue weighted by atomic mass is 79.9. The standard InChI is InChI=1S/C22H23BrN6O3S/c1-33(30,31)28-8-6-14(7-9-28)13-32-22-19(23)20(24)29-21(27-22)17(12-26-29)16-10-15-4-2-3-5-18(15)25-11-16/h2-5,10-12,14H,6-9,13,24H2,1H3. The quantitative estimate of drug-likeness (QED) is 0.420. The Kier molecular flexibility index (Phi) is 5.71. The van der Waals surface area contributed by atoms with Crippen LogP contribution >= 0.6 is 15.9 Å². The lowest BCUT2D eigenvalue weighted by molar-refractivity contribution is 0.181. The van der Waals surface area contributed by atoms with Crippen molar-refractivity contribution in [2.24, 2.45) is 5.92 Å². The molecule has 0 atom stereocenters. The van der Waals surface area contributed by atoms with Gasteiger partial charge in [-0.3, -0.25) is 4.98 Å². The zero-order valence-corrected chi connectivity index (χ0v) is 20.4. The van der Waals surface area contributed by atoms with Gasteiger partial charge in [0.15, 0.2) is 5.65 Å². The number of aromatic nitrogens is 4. The molecule has 0 bridgehead atoms. The summed E-state index contributed by atoms with van der Waals surface area (Å²) in [6, 6.07) is 9.96. The van der Waals surface area contributed by atoms with Crippen LogP contribution in [0.3, 0.4) is 0 Å². The fourth-order valence-corrected chi connectivity index (χ4v) is 5.34. The number of pyridine rings is 1. The molecule has 0 spiro atoms. The monoisotopic (exact) mass is 530 g/mol. The second kappa shape index (κ2) is 8.54. The van der Waals surface area contributed by atoms with Crippen LogP contribution in [0.5, 0.6) is 5.88 Å². The van der Waals surface area contributed by atoms with Gasteiger partial charge in [0.2, 0.25) is 15.9 Å². The number of hydrogen-bond donors (Lipinski definition) is 1. The van der Waals surface area contributed by atoms with Crippen molar-refractivity contribution in [1.82, 2.24) is 23.9 Å². The number of fused-ring (bicyclic) bond motifs is 2. The Bertz CT molecular complexity index is 1450. The van der Waals surface area contributed by atoms with Crippen LogP contribution in [0.15, 0.2) is 47.2 Å². The summed E-state index contributed by atoms with van der Waals surface area (Å²) in [5.41, 5.74) is 9.50. The highest BCUT2D eigenvalue weighted by Crippen LogP contribution is 2.34. The average molecular weight is 531 g/mol. The third-order valence-corrected chi connectivity index (χ3v) is 8.04. The van der Waals surface area contributed by atoms with Gasteiger partial charge in [-0.05, 0) is 46.8 Å². The number of nitrogens with zero attached hydrogens (tertiary/aromatic N) is 5. The number of nitrogen functional groups attached to an aromatic ring is 1. The molecule has 5 rings (SSSR count). The molecule has 1 fully saturated rings. The second-order valence-electron chi connectivity index (χ2n) is 8.24. The number of para-hydroxylation sites is 1. The van der Waals surface area contributed by atoms with Crippen molar-refractivity contribution in [1.29, 1.82) is 0 Å². The maximum absolute atomic E-state index is 11.7. The van der Waals surface area contributed by atoms with Crippen molar-refractivity contribution >= 4 is 48.3 Å². The summed E-state index contributed by atoms with van der Waals surface area (Å²) in [5, 5.41) is 5.44. The Morgan fingerprint density at radius 2 is 1.97 bits per heavy atom. The molecule has 11 heteroatoms. The first kappa shape index (κ1) is 22.1. The number of nitrogens with two attached hydrogens (primary N) is 1. The SMILES string of the molecule is CS(=O)(=O)N1CCC(COc2nc3c(-c4cnc5ccccc5c4)cnn3c(N)c2Br)CC1. The maximum Gasteiger partial charge on any atom is 0.233 e. The first-order valence-electron chi connectivity index (χ1n) is 10.6. The number of halogens is 1. The van der Waals surface area contributed by atoms with E-state index in [1.807, 2.05) is 24.3 Å². The van der Waals surface area contributed by atoms with Crippen molar-refractivity contribution < 1.29 is 13.2 Å². The first-order valence-corrected chi connectivity index (χ1v) is 13.2. The number of benzene rings is 1. The van der Waals surface area contributed by atoms with Crippen LogP contribution in [0.2, 0.25) is 0 Å². The van der Waals surface area contributed by atoms with Gasteiger partial charge in [0.05, 0.1) is 24.6 Å². The Labute approximate surface area is 199 Å². The topological polar surface area (TPSA) is 116 Å². The largest absolute Gasteiger partial charge is 0.476 e. The Hall–Kier alpha value is -2.76. The summed E-state index contributed by atoms with van der Waals surface area (Å²) in [6.45, 7) is 1.44. The molecular weight excluding hydrogens is 508 g/mol. The van der Waals surface area contributed by atoms with Crippen molar-refractivity contribution in [2.75, 3.05) is 31.7 Å². The lowest BCUT2D eigenvalue weighted by Crippen LogP contribution is -2.39. The van der Waals surface area contributed by atoms with Crippen LogP contribution in [-0.2, 0) is 10.0 Å². The maximum atomic E-state index is 11.7. The summed E-state index contributed by atoms with van der Waals surface area (Å²) in [5.74, 6) is 1.02. The lowest BCUT2D eigenvalue weighted by atomic mass is 9.99. The van der Waals surface area contributed by atoms with E-state index in [1.54, 1.807) is 16.9 Å². The summed E-state index contributed by atoms with van der Waals surface area (Å²) in [7, 11) is -3.15. The number of hydrogen-bond acceptors (Lipinski definition) is 7. The van der Waals surface area contributed by atoms with Crippen LogP contribution in [0, 0.1) is 5.92 Å². The minimum Gasteiger partial charge on any atom is -0.476 e. The van der Waals surface area contributed by atoms with Gasteiger partial charge in [-0.25, -0.2) is 12.7 Å². The molecule has 172 valence electrons. The zero-order chi connectivity index (χ0) is 23.2. The van der Waals surface area contributed by atoms with E-state index in [2.05, 4.69) is 32.1 Å². The molecule has 2 N–H and O–H groups in total. The van der Waals surface area contributed by atoms with Gasteiger partial charge in [0, 0.05) is 35.8 Å². The van der Waals surface area contributed by atoms with Crippen LogP contribution in [0.1, 0.15) is 12.8 Å². The van der Waals surface area contributed by atoms with E-state index in [0.717, 1.165) is 34.9 Å². The molecule has 0 radical (unpaired) electrons. The minimum atomic E-state index is -3.15. The Balaban J connectivity index is 1.41. The number of anilines is 1. The third kappa shape index (κ3) is 4.28. The number of piperidine rings is 1. The molecule has 0 amide bonds. The van der Waals surface area contributed by atoms with Gasteiger partial charge in [-0.15, -0.1) is 0 Å². The van der Waals surface area contributed by atoms with Gasteiger partial charge in [0.1, 0.15) is 10.3 Å². The number of rotatable bonds is 5. The molecule has 0 saturated carbocycles. The molecule has 4 heterocycles. The first-order chi connectivity index (χ1) is 15.8. The van der Waals surface area contributed by atoms with Gasteiger partial charge < -0.3 is 10.5 Å². The van der Waals surface area contributed by atoms with E-state index in [-0.39, 0.29) is 5.92 Å². The van der Waals surface area contributed by atoms with Crippen molar-refractivity contribution in [3.8, 4) is 17.0 Å². The van der Waals surface area contributed by atoms with E-state index in [4.69, 9.17) is 15.5 Å². The van der Waals surface area contributed by atoms with E-state index in [1.165, 1.54) is 10.6 Å². The highest BCUT2D eigenvalue weighted by Gasteiger charge is 2.26. The normalized spacial score (nSPS) is 15.9. The fourth-order valence-electron chi connectivity index (χ4n) is 4.10. The van der Waals surface area contributed by atoms with Gasteiger partial charge >= 0.3 is 0 Å². The Morgan fingerprint density at radius 3 is 2.73 bits per heavy atom. The Morgan fingerprint density at radius 1 is 1.21 bits per heavy atom. The van der Waals surface area contributed by atoms with Crippen molar-refractivity contribution in [3.05, 3.63) is 47.2 Å². The molecule has 33 heavy (non-hydrogen) atoms. The van der Waals surface area contributed by atoms with Gasteiger partial charge in [-0.2, -0.15) is 14.6 Å². The minimum absolute atomic E-state index is 0.239. The van der Waals surface area contributed by atoms with E-state index >= 15 is 0 Å². The van der Waals surface area contributed by atoms with Crippen LogP contribution in [-0.4, -0.2) is 58.3 Å². The molecule has 0 unspecified atom stereocenters. The number of sulfonamides is 1. The predicted octanol–water partition coefficient (Wildman–Crippen LogP) is 3.34. The molecular formula is C22H23BrN6O3S. The van der Waals surface area contributed by atoms with Gasteiger partial charge in [0.25, 0.3) is 0 Å². The molecule has 9 nitrogen and oxygen atoms in total. The van der Waals surface area contributed by atoms with Gasteiger partial charge in [-0.1, -0.05) is 18.2 Å². The summed E-state index contributed by atoms with van der Waals surface area (Å²) in [4.78, 5) is 9.25. The van der Waals surface area contributed by atoms with Crippen LogP contribution in [0.25, 0.3) is 27.7 Å². The predicted molar refractivity (Wildman–Crippen MR) is 130 cm³/mol. The van der Waals surface area contributed by atoms with Crippen LogP contribution < -0.4 is 10.5 Å². The van der Waals surface area contributed by atoms with Crippen molar-refractivity contribution in [2.45, 2.75) is 12.8 Å². The average Bonchev–Trinajstić information content (AvgIpc) is 3.24. The smallest absolute Gasteiger partial charge is 0.233 e. The number of ether oxygens (including phenoxy) is 1. The zero-order valence-electron chi connectivity index (χ0n) is 18.0.